The lowest BCUT2D eigenvalue weighted by atomic mass is 9.70. The van der Waals surface area contributed by atoms with Crippen molar-refractivity contribution in [1.82, 2.24) is 15.5 Å². The second-order valence-electron chi connectivity index (χ2n) is 8.10. The van der Waals surface area contributed by atoms with Crippen LogP contribution in [-0.2, 0) is 14.4 Å². The van der Waals surface area contributed by atoms with E-state index in [1.807, 2.05) is 6.92 Å². The number of carbonyl (C=O) groups excluding carboxylic acids is 3. The second-order valence-corrected chi connectivity index (χ2v) is 9.70. The molecule has 3 rings (SSSR count). The molecule has 3 N–H and O–H groups in total. The standard InChI is InChI=1S/C20H33N3O4S/c1-3-5-10-22-18(26)16-20-8-7-13(28-20)14(17(25)21-9-4-2)15(20)19(27)23(16)11-6-12-24/h13-16,24H,3-12H2,1-2H3,(H,21,25)(H,22,26)/t13-,14+,15+,16?,20?/m1/s1. The molecular formula is C20H33N3O4S. The molecule has 3 heterocycles. The molecule has 158 valence electrons. The molecule has 0 aromatic rings. The van der Waals surface area contributed by atoms with E-state index in [4.69, 9.17) is 0 Å². The van der Waals surface area contributed by atoms with E-state index in [0.717, 1.165) is 32.1 Å². The first-order chi connectivity index (χ1) is 13.5. The summed E-state index contributed by atoms with van der Waals surface area (Å²) in [6.45, 7) is 5.61. The molecule has 28 heavy (non-hydrogen) atoms. The summed E-state index contributed by atoms with van der Waals surface area (Å²) in [4.78, 5) is 41.0. The summed E-state index contributed by atoms with van der Waals surface area (Å²) in [5.74, 6) is -1.04. The van der Waals surface area contributed by atoms with Crippen molar-refractivity contribution in [3.8, 4) is 0 Å². The number of aliphatic hydroxyl groups excluding tert-OH is 1. The maximum absolute atomic E-state index is 13.4. The predicted octanol–water partition coefficient (Wildman–Crippen LogP) is 0.903. The van der Waals surface area contributed by atoms with Crippen molar-refractivity contribution in [3.63, 3.8) is 0 Å². The molecule has 0 saturated carbocycles. The van der Waals surface area contributed by atoms with Crippen molar-refractivity contribution in [1.29, 1.82) is 0 Å². The monoisotopic (exact) mass is 411 g/mol. The molecule has 1 spiro atoms. The number of likely N-dealkylation sites (tertiary alicyclic amines) is 1. The number of nitrogens with zero attached hydrogens (tertiary/aromatic N) is 1. The molecule has 8 heteroatoms. The Morgan fingerprint density at radius 3 is 2.61 bits per heavy atom. The third-order valence-corrected chi connectivity index (χ3v) is 8.24. The number of fused-ring (bicyclic) bond motifs is 1. The van der Waals surface area contributed by atoms with Gasteiger partial charge >= 0.3 is 0 Å². The third kappa shape index (κ3) is 3.54. The molecule has 0 radical (unpaired) electrons. The number of amides is 3. The Bertz CT molecular complexity index is 616. The highest BCUT2D eigenvalue weighted by Gasteiger charge is 2.73. The number of unbranched alkanes of at least 4 members (excludes halogenated alkanes) is 1. The van der Waals surface area contributed by atoms with Gasteiger partial charge in [-0.15, -0.1) is 11.8 Å². The van der Waals surface area contributed by atoms with Crippen LogP contribution in [0, 0.1) is 11.8 Å². The fraction of sp³-hybridized carbons (Fsp3) is 0.850. The van der Waals surface area contributed by atoms with Gasteiger partial charge in [0.25, 0.3) is 0 Å². The highest BCUT2D eigenvalue weighted by Crippen LogP contribution is 2.66. The van der Waals surface area contributed by atoms with Crippen LogP contribution in [0.5, 0.6) is 0 Å². The van der Waals surface area contributed by atoms with Gasteiger partial charge in [-0.05, 0) is 32.1 Å². The van der Waals surface area contributed by atoms with Gasteiger partial charge in [-0.3, -0.25) is 14.4 Å². The first kappa shape index (κ1) is 21.4. The van der Waals surface area contributed by atoms with Crippen LogP contribution in [0.4, 0.5) is 0 Å². The molecule has 2 bridgehead atoms. The van der Waals surface area contributed by atoms with Crippen LogP contribution in [0.3, 0.4) is 0 Å². The molecule has 0 aliphatic carbocycles. The molecule has 3 aliphatic rings. The van der Waals surface area contributed by atoms with E-state index in [-0.39, 0.29) is 35.5 Å². The molecule has 0 aromatic carbocycles. The van der Waals surface area contributed by atoms with Crippen LogP contribution in [-0.4, -0.2) is 70.0 Å². The van der Waals surface area contributed by atoms with E-state index in [2.05, 4.69) is 17.6 Å². The van der Waals surface area contributed by atoms with Gasteiger partial charge in [-0.1, -0.05) is 20.3 Å². The molecule has 2 unspecified atom stereocenters. The van der Waals surface area contributed by atoms with Gasteiger partial charge < -0.3 is 20.6 Å². The van der Waals surface area contributed by atoms with Gasteiger partial charge in [0.05, 0.1) is 16.6 Å². The molecular weight excluding hydrogens is 378 g/mol. The third-order valence-electron chi connectivity index (χ3n) is 6.29. The Balaban J connectivity index is 1.87. The minimum atomic E-state index is -0.549. The predicted molar refractivity (Wildman–Crippen MR) is 109 cm³/mol. The maximum Gasteiger partial charge on any atom is 0.244 e. The lowest BCUT2D eigenvalue weighted by molar-refractivity contribution is -0.140. The summed E-state index contributed by atoms with van der Waals surface area (Å²) >= 11 is 1.69. The second kappa shape index (κ2) is 9.03. The molecule has 5 atom stereocenters. The van der Waals surface area contributed by atoms with Crippen molar-refractivity contribution < 1.29 is 19.5 Å². The zero-order valence-electron chi connectivity index (χ0n) is 16.9. The number of carbonyl (C=O) groups is 3. The summed E-state index contributed by atoms with van der Waals surface area (Å²) in [7, 11) is 0. The van der Waals surface area contributed by atoms with Crippen molar-refractivity contribution in [2.75, 3.05) is 26.2 Å². The molecule has 3 aliphatic heterocycles. The Kier molecular flexibility index (Phi) is 6.91. The molecule has 7 nitrogen and oxygen atoms in total. The quantitative estimate of drug-likeness (QED) is 0.464. The van der Waals surface area contributed by atoms with Gasteiger partial charge in [0.1, 0.15) is 6.04 Å². The van der Waals surface area contributed by atoms with Crippen LogP contribution in [0.25, 0.3) is 0 Å². The molecule has 3 saturated heterocycles. The van der Waals surface area contributed by atoms with E-state index < -0.39 is 16.7 Å². The fourth-order valence-corrected chi connectivity index (χ4v) is 7.31. The van der Waals surface area contributed by atoms with Crippen molar-refractivity contribution in [3.05, 3.63) is 0 Å². The summed E-state index contributed by atoms with van der Waals surface area (Å²) in [6, 6.07) is -0.549. The average Bonchev–Trinajstić information content (AvgIpc) is 3.32. The Morgan fingerprint density at radius 1 is 1.18 bits per heavy atom. The zero-order chi connectivity index (χ0) is 20.3. The van der Waals surface area contributed by atoms with Crippen LogP contribution in [0.1, 0.15) is 52.4 Å². The smallest absolute Gasteiger partial charge is 0.244 e. The van der Waals surface area contributed by atoms with Crippen molar-refractivity contribution >= 4 is 29.5 Å². The molecule has 3 fully saturated rings. The number of nitrogens with one attached hydrogen (secondary N) is 2. The average molecular weight is 412 g/mol. The normalized spacial score (nSPS) is 33.2. The van der Waals surface area contributed by atoms with E-state index in [9.17, 15) is 19.5 Å². The largest absolute Gasteiger partial charge is 0.396 e. The zero-order valence-corrected chi connectivity index (χ0v) is 17.7. The van der Waals surface area contributed by atoms with Crippen LogP contribution in [0.15, 0.2) is 0 Å². The summed E-state index contributed by atoms with van der Waals surface area (Å²) in [5.41, 5.74) is 0. The number of hydrogen-bond donors (Lipinski definition) is 3. The number of aliphatic hydroxyl groups is 1. The maximum atomic E-state index is 13.4. The van der Waals surface area contributed by atoms with Crippen LogP contribution in [0.2, 0.25) is 0 Å². The Labute approximate surface area is 171 Å². The number of rotatable bonds is 10. The van der Waals surface area contributed by atoms with Gasteiger partial charge in [-0.25, -0.2) is 0 Å². The Morgan fingerprint density at radius 2 is 1.93 bits per heavy atom. The SMILES string of the molecule is CCCCNC(=O)C1N(CCCO)C(=O)[C@@H]2[C@@H](C(=O)NCCC)[C@H]3CCC12S3. The van der Waals surface area contributed by atoms with Crippen LogP contribution >= 0.6 is 11.8 Å². The summed E-state index contributed by atoms with van der Waals surface area (Å²) in [5, 5.41) is 15.4. The van der Waals surface area contributed by atoms with E-state index in [1.54, 1.807) is 16.7 Å². The van der Waals surface area contributed by atoms with Gasteiger partial charge in [-0.2, -0.15) is 0 Å². The highest BCUT2D eigenvalue weighted by molar-refractivity contribution is 8.02. The van der Waals surface area contributed by atoms with E-state index >= 15 is 0 Å². The van der Waals surface area contributed by atoms with Crippen LogP contribution < -0.4 is 10.6 Å². The van der Waals surface area contributed by atoms with Gasteiger partial charge in [0, 0.05) is 31.5 Å². The summed E-state index contributed by atoms with van der Waals surface area (Å²) < 4.78 is -0.512. The molecule has 0 aromatic heterocycles. The topological polar surface area (TPSA) is 98.7 Å². The van der Waals surface area contributed by atoms with E-state index in [1.165, 1.54) is 0 Å². The Hall–Kier alpha value is -1.28. The fourth-order valence-electron chi connectivity index (χ4n) is 5.09. The number of hydrogen-bond acceptors (Lipinski definition) is 5. The molecule has 3 amide bonds. The first-order valence-electron chi connectivity index (χ1n) is 10.7. The van der Waals surface area contributed by atoms with Gasteiger partial charge in [0.15, 0.2) is 0 Å². The summed E-state index contributed by atoms with van der Waals surface area (Å²) in [6.07, 6.45) is 4.84. The number of thioether (sulfide) groups is 1. The lowest BCUT2D eigenvalue weighted by Gasteiger charge is -2.34. The van der Waals surface area contributed by atoms with Gasteiger partial charge in [0.2, 0.25) is 17.7 Å². The highest BCUT2D eigenvalue weighted by atomic mass is 32.2. The minimum Gasteiger partial charge on any atom is -0.396 e. The van der Waals surface area contributed by atoms with Crippen molar-refractivity contribution in [2.24, 2.45) is 11.8 Å². The first-order valence-corrected chi connectivity index (χ1v) is 11.5. The van der Waals surface area contributed by atoms with Crippen molar-refractivity contribution in [2.45, 2.75) is 68.4 Å². The minimum absolute atomic E-state index is 0.0260. The van der Waals surface area contributed by atoms with E-state index in [0.29, 0.717) is 26.1 Å². The lowest BCUT2D eigenvalue weighted by Crippen LogP contribution is -2.54.